The maximum atomic E-state index is 13.8. The molecule has 1 saturated heterocycles. The normalized spacial score (nSPS) is 17.1. The lowest BCUT2D eigenvalue weighted by Crippen LogP contribution is -2.33. The minimum atomic E-state index is -0.428. The number of nitrogen functional groups attached to an aromatic ring is 1. The first-order valence-electron chi connectivity index (χ1n) is 7.61. The second kappa shape index (κ2) is 7.63. The highest BCUT2D eigenvalue weighted by molar-refractivity contribution is 7.99. The van der Waals surface area contributed by atoms with Crippen LogP contribution >= 0.6 is 11.8 Å². The Labute approximate surface area is 142 Å². The summed E-state index contributed by atoms with van der Waals surface area (Å²) >= 11 is 1.15. The Bertz CT molecular complexity index is 718. The molecule has 0 saturated carbocycles. The smallest absolute Gasteiger partial charge is 0.230 e. The summed E-state index contributed by atoms with van der Waals surface area (Å²) in [6, 6.07) is 6.18. The molecule has 1 aromatic heterocycles. The molecule has 3 N–H and O–H groups in total. The molecule has 128 valence electrons. The zero-order valence-corrected chi connectivity index (χ0v) is 13.8. The van der Waals surface area contributed by atoms with Gasteiger partial charge in [-0.15, -0.1) is 10.2 Å². The largest absolute Gasteiger partial charge is 0.376 e. The molecule has 0 spiro atoms. The highest BCUT2D eigenvalue weighted by Gasteiger charge is 2.18. The molecule has 24 heavy (non-hydrogen) atoms. The van der Waals surface area contributed by atoms with Crippen molar-refractivity contribution in [3.63, 3.8) is 0 Å². The fraction of sp³-hybridized carbons (Fsp3) is 0.400. The van der Waals surface area contributed by atoms with Gasteiger partial charge < -0.3 is 15.9 Å². The molecule has 1 amide bonds. The fourth-order valence-electron chi connectivity index (χ4n) is 2.42. The van der Waals surface area contributed by atoms with E-state index in [4.69, 9.17) is 10.6 Å². The van der Waals surface area contributed by atoms with Crippen LogP contribution in [0.3, 0.4) is 0 Å². The number of nitrogens with zero attached hydrogens (tertiary/aromatic N) is 3. The molecule has 1 aliphatic heterocycles. The average Bonchev–Trinajstić information content (AvgIpc) is 3.22. The van der Waals surface area contributed by atoms with E-state index in [1.807, 2.05) is 0 Å². The van der Waals surface area contributed by atoms with Crippen LogP contribution in [0.4, 0.5) is 4.39 Å². The monoisotopic (exact) mass is 351 g/mol. The Morgan fingerprint density at radius 2 is 2.29 bits per heavy atom. The minimum Gasteiger partial charge on any atom is -0.376 e. The van der Waals surface area contributed by atoms with Crippen molar-refractivity contribution in [3.8, 4) is 11.4 Å². The predicted molar refractivity (Wildman–Crippen MR) is 88.3 cm³/mol. The highest BCUT2D eigenvalue weighted by atomic mass is 32.2. The first-order valence-corrected chi connectivity index (χ1v) is 8.60. The lowest BCUT2D eigenvalue weighted by Gasteiger charge is -2.10. The number of halogens is 1. The topological polar surface area (TPSA) is 95.1 Å². The van der Waals surface area contributed by atoms with Crippen molar-refractivity contribution >= 4 is 17.7 Å². The van der Waals surface area contributed by atoms with Gasteiger partial charge in [0.05, 0.1) is 17.4 Å². The van der Waals surface area contributed by atoms with Crippen LogP contribution in [0.15, 0.2) is 29.4 Å². The molecule has 0 bridgehead atoms. The Morgan fingerprint density at radius 1 is 1.46 bits per heavy atom. The standard InChI is InChI=1S/C15H18FN5O2S/c16-12-6-2-1-5-11(12)14-19-20-15(21(14)17)24-9-13(22)18-8-10-4-3-7-23-10/h1-2,5-6,10H,3-4,7-9,17H2,(H,18,22). The number of nitrogens with two attached hydrogens (primary N) is 1. The lowest BCUT2D eigenvalue weighted by atomic mass is 10.2. The number of amides is 1. The number of rotatable bonds is 6. The molecule has 1 unspecified atom stereocenters. The van der Waals surface area contributed by atoms with E-state index in [1.54, 1.807) is 18.2 Å². The van der Waals surface area contributed by atoms with E-state index in [-0.39, 0.29) is 29.2 Å². The van der Waals surface area contributed by atoms with Gasteiger partial charge in [-0.2, -0.15) is 0 Å². The van der Waals surface area contributed by atoms with Crippen LogP contribution in [0.1, 0.15) is 12.8 Å². The van der Waals surface area contributed by atoms with Crippen LogP contribution in [0.5, 0.6) is 0 Å². The van der Waals surface area contributed by atoms with Crippen LogP contribution in [-0.2, 0) is 9.53 Å². The van der Waals surface area contributed by atoms with Gasteiger partial charge in [0.2, 0.25) is 11.1 Å². The molecule has 2 heterocycles. The SMILES string of the molecule is Nn1c(SCC(=O)NCC2CCCO2)nnc1-c1ccccc1F. The second-order valence-electron chi connectivity index (χ2n) is 5.38. The average molecular weight is 351 g/mol. The molecule has 1 fully saturated rings. The van der Waals surface area contributed by atoms with Crippen LogP contribution in [0.2, 0.25) is 0 Å². The summed E-state index contributed by atoms with van der Waals surface area (Å²) in [6.45, 7) is 1.26. The summed E-state index contributed by atoms with van der Waals surface area (Å²) in [5.74, 6) is 5.72. The summed E-state index contributed by atoms with van der Waals surface area (Å²) < 4.78 is 20.4. The molecular formula is C15H18FN5O2S. The lowest BCUT2D eigenvalue weighted by molar-refractivity contribution is -0.119. The molecule has 7 nitrogen and oxygen atoms in total. The van der Waals surface area contributed by atoms with Crippen LogP contribution in [-0.4, -0.2) is 45.8 Å². The number of thioether (sulfide) groups is 1. The number of carbonyl (C=O) groups is 1. The van der Waals surface area contributed by atoms with Gasteiger partial charge >= 0.3 is 0 Å². The van der Waals surface area contributed by atoms with Crippen molar-refractivity contribution in [2.24, 2.45) is 0 Å². The van der Waals surface area contributed by atoms with Gasteiger partial charge in [-0.05, 0) is 25.0 Å². The van der Waals surface area contributed by atoms with E-state index >= 15 is 0 Å². The van der Waals surface area contributed by atoms with Crippen molar-refractivity contribution < 1.29 is 13.9 Å². The third kappa shape index (κ3) is 3.85. The Morgan fingerprint density at radius 3 is 3.04 bits per heavy atom. The van der Waals surface area contributed by atoms with Crippen molar-refractivity contribution in [2.45, 2.75) is 24.1 Å². The molecule has 1 atom stereocenters. The van der Waals surface area contributed by atoms with Gasteiger partial charge in [0, 0.05) is 13.2 Å². The number of ether oxygens (including phenoxy) is 1. The molecule has 9 heteroatoms. The van der Waals surface area contributed by atoms with Crippen LogP contribution in [0.25, 0.3) is 11.4 Å². The molecule has 3 rings (SSSR count). The summed E-state index contributed by atoms with van der Waals surface area (Å²) in [7, 11) is 0. The first-order chi connectivity index (χ1) is 11.6. The number of aromatic nitrogens is 3. The van der Waals surface area contributed by atoms with E-state index in [9.17, 15) is 9.18 Å². The van der Waals surface area contributed by atoms with Crippen molar-refractivity contribution in [2.75, 3.05) is 24.7 Å². The van der Waals surface area contributed by atoms with Crippen molar-refractivity contribution in [1.82, 2.24) is 20.2 Å². The zero-order valence-electron chi connectivity index (χ0n) is 12.9. The number of carbonyl (C=O) groups excluding carboxylic acids is 1. The zero-order chi connectivity index (χ0) is 16.9. The Kier molecular flexibility index (Phi) is 5.31. The molecule has 2 aromatic rings. The fourth-order valence-corrected chi connectivity index (χ4v) is 3.10. The quantitative estimate of drug-likeness (QED) is 0.599. The molecular weight excluding hydrogens is 333 g/mol. The molecule has 1 aliphatic rings. The third-order valence-electron chi connectivity index (χ3n) is 3.66. The molecule has 0 aliphatic carbocycles. The molecule has 0 radical (unpaired) electrons. The van der Waals surface area contributed by atoms with E-state index in [0.717, 1.165) is 31.2 Å². The predicted octanol–water partition coefficient (Wildman–Crippen LogP) is 1.19. The molecule has 1 aromatic carbocycles. The van der Waals surface area contributed by atoms with E-state index in [1.165, 1.54) is 10.7 Å². The number of hydrogen-bond donors (Lipinski definition) is 2. The highest BCUT2D eigenvalue weighted by Crippen LogP contribution is 2.23. The second-order valence-corrected chi connectivity index (χ2v) is 6.33. The van der Waals surface area contributed by atoms with Gasteiger partial charge in [0.1, 0.15) is 5.82 Å². The Hall–Kier alpha value is -2.13. The number of benzene rings is 1. The van der Waals surface area contributed by atoms with E-state index in [2.05, 4.69) is 15.5 Å². The first kappa shape index (κ1) is 16.7. The van der Waals surface area contributed by atoms with Crippen molar-refractivity contribution in [1.29, 1.82) is 0 Å². The van der Waals surface area contributed by atoms with Crippen LogP contribution in [0, 0.1) is 5.82 Å². The summed E-state index contributed by atoms with van der Waals surface area (Å²) in [5.41, 5.74) is 0.266. The van der Waals surface area contributed by atoms with Gasteiger partial charge in [0.15, 0.2) is 5.82 Å². The maximum absolute atomic E-state index is 13.8. The summed E-state index contributed by atoms with van der Waals surface area (Å²) in [5, 5.41) is 11.0. The van der Waals surface area contributed by atoms with Gasteiger partial charge in [0.25, 0.3) is 0 Å². The Balaban J connectivity index is 1.56. The van der Waals surface area contributed by atoms with Crippen molar-refractivity contribution in [3.05, 3.63) is 30.1 Å². The van der Waals surface area contributed by atoms with Gasteiger partial charge in [-0.1, -0.05) is 23.9 Å². The minimum absolute atomic E-state index is 0.102. The summed E-state index contributed by atoms with van der Waals surface area (Å²) in [6.07, 6.45) is 2.10. The summed E-state index contributed by atoms with van der Waals surface area (Å²) in [4.78, 5) is 11.9. The van der Waals surface area contributed by atoms with Crippen LogP contribution < -0.4 is 11.2 Å². The van der Waals surface area contributed by atoms with E-state index < -0.39 is 5.82 Å². The van der Waals surface area contributed by atoms with Gasteiger partial charge in [-0.25, -0.2) is 9.07 Å². The number of nitrogens with one attached hydrogen (secondary N) is 1. The maximum Gasteiger partial charge on any atom is 0.230 e. The number of hydrogen-bond acceptors (Lipinski definition) is 6. The van der Waals surface area contributed by atoms with E-state index in [0.29, 0.717) is 11.7 Å². The third-order valence-corrected chi connectivity index (χ3v) is 4.61. The van der Waals surface area contributed by atoms with Gasteiger partial charge in [-0.3, -0.25) is 4.79 Å².